The topological polar surface area (TPSA) is 63.8 Å². The van der Waals surface area contributed by atoms with E-state index in [2.05, 4.69) is 29.1 Å². The number of halogens is 1. The molecule has 4 nitrogen and oxygen atoms in total. The minimum absolute atomic E-state index is 0.110. The first-order chi connectivity index (χ1) is 7.69. The molecule has 1 aromatic rings. The van der Waals surface area contributed by atoms with Crippen molar-refractivity contribution >= 4 is 23.1 Å². The van der Waals surface area contributed by atoms with E-state index in [0.717, 1.165) is 12.2 Å². The Morgan fingerprint density at radius 3 is 2.35 bits per heavy atom. The van der Waals surface area contributed by atoms with E-state index in [1.54, 1.807) is 0 Å². The lowest BCUT2D eigenvalue weighted by Gasteiger charge is -2.23. The van der Waals surface area contributed by atoms with Crippen LogP contribution in [0.2, 0.25) is 5.15 Å². The molecule has 0 radical (unpaired) electrons. The molecule has 0 fully saturated rings. The summed E-state index contributed by atoms with van der Waals surface area (Å²) in [6, 6.07) is 0. The molecule has 0 aromatic carbocycles. The van der Waals surface area contributed by atoms with Gasteiger partial charge in [-0.15, -0.1) is 0 Å². The third kappa shape index (κ3) is 4.38. The number of hydrogen-bond donors (Lipinski definition) is 2. The molecule has 0 spiro atoms. The van der Waals surface area contributed by atoms with E-state index in [1.807, 2.05) is 20.8 Å². The SMILES string of the molecule is CC(C)Cc1nc(Cl)c(N)c(NC(C)(C)C)n1. The van der Waals surface area contributed by atoms with Crippen LogP contribution in [0.5, 0.6) is 0 Å². The van der Waals surface area contributed by atoms with Crippen LogP contribution in [0.1, 0.15) is 40.4 Å². The van der Waals surface area contributed by atoms with Gasteiger partial charge >= 0.3 is 0 Å². The van der Waals surface area contributed by atoms with Crippen molar-refractivity contribution < 1.29 is 0 Å². The second-order valence-corrected chi connectivity index (χ2v) is 6.02. The fourth-order valence-corrected chi connectivity index (χ4v) is 1.58. The van der Waals surface area contributed by atoms with Gasteiger partial charge in [0.2, 0.25) is 0 Å². The highest BCUT2D eigenvalue weighted by Crippen LogP contribution is 2.26. The van der Waals surface area contributed by atoms with Crippen LogP contribution in [0.25, 0.3) is 0 Å². The number of nitrogens with zero attached hydrogens (tertiary/aromatic N) is 2. The summed E-state index contributed by atoms with van der Waals surface area (Å²) in [5.74, 6) is 1.83. The van der Waals surface area contributed by atoms with Crippen molar-refractivity contribution in [1.82, 2.24) is 9.97 Å². The zero-order valence-electron chi connectivity index (χ0n) is 11.1. The minimum Gasteiger partial charge on any atom is -0.393 e. The predicted octanol–water partition coefficient (Wildman–Crippen LogP) is 3.12. The van der Waals surface area contributed by atoms with Gasteiger partial charge < -0.3 is 11.1 Å². The van der Waals surface area contributed by atoms with Gasteiger partial charge in [0.05, 0.1) is 0 Å². The van der Waals surface area contributed by atoms with Crippen molar-refractivity contribution in [2.75, 3.05) is 11.1 Å². The van der Waals surface area contributed by atoms with E-state index in [-0.39, 0.29) is 5.54 Å². The van der Waals surface area contributed by atoms with Crippen molar-refractivity contribution in [3.05, 3.63) is 11.0 Å². The Morgan fingerprint density at radius 1 is 1.29 bits per heavy atom. The van der Waals surface area contributed by atoms with Crippen LogP contribution in [0.3, 0.4) is 0 Å². The van der Waals surface area contributed by atoms with Crippen LogP contribution < -0.4 is 11.1 Å². The molecule has 1 rings (SSSR count). The lowest BCUT2D eigenvalue weighted by molar-refractivity contribution is 0.611. The zero-order valence-corrected chi connectivity index (χ0v) is 11.9. The van der Waals surface area contributed by atoms with Crippen LogP contribution in [-0.4, -0.2) is 15.5 Å². The number of nitrogens with two attached hydrogens (primary N) is 1. The van der Waals surface area contributed by atoms with Crippen LogP contribution in [0, 0.1) is 5.92 Å². The number of rotatable bonds is 3. The molecule has 3 N–H and O–H groups in total. The maximum Gasteiger partial charge on any atom is 0.157 e. The maximum absolute atomic E-state index is 6.02. The Labute approximate surface area is 108 Å². The van der Waals surface area contributed by atoms with Crippen molar-refractivity contribution in [2.24, 2.45) is 5.92 Å². The molecular formula is C12H21ClN4. The molecule has 0 saturated carbocycles. The smallest absolute Gasteiger partial charge is 0.157 e. The highest BCUT2D eigenvalue weighted by molar-refractivity contribution is 6.32. The van der Waals surface area contributed by atoms with Crippen molar-refractivity contribution in [1.29, 1.82) is 0 Å². The average Bonchev–Trinajstić information content (AvgIpc) is 2.09. The van der Waals surface area contributed by atoms with Crippen LogP contribution in [0.4, 0.5) is 11.5 Å². The van der Waals surface area contributed by atoms with Crippen molar-refractivity contribution in [3.8, 4) is 0 Å². The molecule has 0 amide bonds. The summed E-state index contributed by atoms with van der Waals surface area (Å²) in [7, 11) is 0. The quantitative estimate of drug-likeness (QED) is 0.816. The lowest BCUT2D eigenvalue weighted by Crippen LogP contribution is -2.28. The van der Waals surface area contributed by atoms with Crippen molar-refractivity contribution in [3.63, 3.8) is 0 Å². The monoisotopic (exact) mass is 256 g/mol. The summed E-state index contributed by atoms with van der Waals surface area (Å²) in [4.78, 5) is 8.62. The number of aromatic nitrogens is 2. The zero-order chi connectivity index (χ0) is 13.2. The number of hydrogen-bond acceptors (Lipinski definition) is 4. The fourth-order valence-electron chi connectivity index (χ4n) is 1.39. The Hall–Kier alpha value is -1.03. The van der Waals surface area contributed by atoms with E-state index in [0.29, 0.717) is 22.6 Å². The molecule has 0 aliphatic heterocycles. The van der Waals surface area contributed by atoms with Gasteiger partial charge in [0.25, 0.3) is 0 Å². The molecule has 0 aliphatic rings. The molecule has 0 bridgehead atoms. The van der Waals surface area contributed by atoms with Gasteiger partial charge in [0.1, 0.15) is 11.5 Å². The number of nitrogens with one attached hydrogen (secondary N) is 1. The summed E-state index contributed by atoms with van der Waals surface area (Å²) in [5, 5.41) is 3.56. The Balaban J connectivity index is 3.07. The molecule has 0 unspecified atom stereocenters. The average molecular weight is 257 g/mol. The normalized spacial score (nSPS) is 11.9. The first-order valence-electron chi connectivity index (χ1n) is 5.79. The third-order valence-electron chi connectivity index (χ3n) is 2.03. The molecule has 0 saturated heterocycles. The van der Waals surface area contributed by atoms with E-state index in [1.165, 1.54) is 0 Å². The van der Waals surface area contributed by atoms with Gasteiger partial charge in [-0.25, -0.2) is 9.97 Å². The summed E-state index contributed by atoms with van der Waals surface area (Å²) in [6.45, 7) is 10.4. The van der Waals surface area contributed by atoms with Crippen molar-refractivity contribution in [2.45, 2.75) is 46.6 Å². The van der Waals surface area contributed by atoms with E-state index in [9.17, 15) is 0 Å². The van der Waals surface area contributed by atoms with E-state index < -0.39 is 0 Å². The molecular weight excluding hydrogens is 236 g/mol. The third-order valence-corrected chi connectivity index (χ3v) is 2.32. The van der Waals surface area contributed by atoms with Gasteiger partial charge in [-0.3, -0.25) is 0 Å². The van der Waals surface area contributed by atoms with Gasteiger partial charge in [-0.05, 0) is 26.7 Å². The van der Waals surface area contributed by atoms with Gasteiger partial charge in [-0.1, -0.05) is 25.4 Å². The molecule has 5 heteroatoms. The van der Waals surface area contributed by atoms with Gasteiger partial charge in [-0.2, -0.15) is 0 Å². The largest absolute Gasteiger partial charge is 0.393 e. The number of nitrogen functional groups attached to an aromatic ring is 1. The summed E-state index contributed by atoms with van der Waals surface area (Å²) in [5.41, 5.74) is 6.17. The molecule has 0 atom stereocenters. The predicted molar refractivity (Wildman–Crippen MR) is 73.4 cm³/mol. The highest BCUT2D eigenvalue weighted by Gasteiger charge is 2.16. The lowest BCUT2D eigenvalue weighted by atomic mass is 10.1. The summed E-state index contributed by atoms with van der Waals surface area (Å²) in [6.07, 6.45) is 0.790. The summed E-state index contributed by atoms with van der Waals surface area (Å²) >= 11 is 6.02. The Bertz CT molecular complexity index is 396. The summed E-state index contributed by atoms with van der Waals surface area (Å²) < 4.78 is 0. The van der Waals surface area contributed by atoms with Crippen LogP contribution >= 0.6 is 11.6 Å². The minimum atomic E-state index is -0.110. The number of anilines is 2. The second kappa shape index (κ2) is 5.08. The Kier molecular flexibility index (Phi) is 4.20. The van der Waals surface area contributed by atoms with Crippen LogP contribution in [0.15, 0.2) is 0 Å². The fraction of sp³-hybridized carbons (Fsp3) is 0.667. The highest BCUT2D eigenvalue weighted by atomic mass is 35.5. The first kappa shape index (κ1) is 14.0. The van der Waals surface area contributed by atoms with Crippen LogP contribution in [-0.2, 0) is 6.42 Å². The van der Waals surface area contributed by atoms with E-state index >= 15 is 0 Å². The molecule has 0 aliphatic carbocycles. The standard InChI is InChI=1S/C12H21ClN4/c1-7(2)6-8-15-10(13)9(14)11(16-8)17-12(3,4)5/h7H,6,14H2,1-5H3,(H,15,16,17). The van der Waals surface area contributed by atoms with Gasteiger partial charge in [0, 0.05) is 12.0 Å². The molecule has 17 heavy (non-hydrogen) atoms. The van der Waals surface area contributed by atoms with Gasteiger partial charge in [0.15, 0.2) is 11.0 Å². The Morgan fingerprint density at radius 2 is 1.88 bits per heavy atom. The second-order valence-electron chi connectivity index (χ2n) is 5.67. The maximum atomic E-state index is 6.02. The molecule has 1 aromatic heterocycles. The molecule has 96 valence electrons. The first-order valence-corrected chi connectivity index (χ1v) is 6.17. The van der Waals surface area contributed by atoms with E-state index in [4.69, 9.17) is 17.3 Å². The molecule has 1 heterocycles.